The molecule has 4 nitrogen and oxygen atoms in total. The molecule has 0 radical (unpaired) electrons. The minimum absolute atomic E-state index is 0.0873. The number of halogens is 1. The molecular weight excluding hydrogens is 276 g/mol. The third kappa shape index (κ3) is 2.95. The van der Waals surface area contributed by atoms with Crippen LogP contribution in [0.5, 0.6) is 11.5 Å². The first kappa shape index (κ1) is 14.0. The maximum absolute atomic E-state index is 9.80. The van der Waals surface area contributed by atoms with Crippen molar-refractivity contribution >= 4 is 17.3 Å². The number of nitrogens with zero attached hydrogens (tertiary/aromatic N) is 1. The SMILES string of the molecule is CC(Nc1ccc(C#N)c(Cl)c1)c1cc(O)ccc1O. The summed E-state index contributed by atoms with van der Waals surface area (Å²) < 4.78 is 0. The summed E-state index contributed by atoms with van der Waals surface area (Å²) in [5.41, 5.74) is 1.71. The molecule has 1 atom stereocenters. The Balaban J connectivity index is 2.23. The summed E-state index contributed by atoms with van der Waals surface area (Å²) in [6.45, 7) is 1.85. The maximum atomic E-state index is 9.80. The van der Waals surface area contributed by atoms with E-state index in [2.05, 4.69) is 5.32 Å². The molecule has 0 bridgehead atoms. The Morgan fingerprint density at radius 2 is 1.95 bits per heavy atom. The predicted molar refractivity (Wildman–Crippen MR) is 78.0 cm³/mol. The molecule has 0 aliphatic rings. The number of nitriles is 1. The van der Waals surface area contributed by atoms with E-state index in [1.165, 1.54) is 18.2 Å². The second kappa shape index (κ2) is 5.72. The molecule has 102 valence electrons. The van der Waals surface area contributed by atoms with Crippen molar-refractivity contribution in [2.45, 2.75) is 13.0 Å². The highest BCUT2D eigenvalue weighted by atomic mass is 35.5. The zero-order chi connectivity index (χ0) is 14.7. The summed E-state index contributed by atoms with van der Waals surface area (Å²) in [5.74, 6) is 0.187. The topological polar surface area (TPSA) is 76.3 Å². The first-order valence-corrected chi connectivity index (χ1v) is 6.37. The van der Waals surface area contributed by atoms with Gasteiger partial charge in [0.15, 0.2) is 0 Å². The standard InChI is InChI=1S/C15H13ClN2O2/c1-9(13-7-12(19)4-5-15(13)20)18-11-3-2-10(8-17)14(16)6-11/h2-7,9,18-20H,1H3. The van der Waals surface area contributed by atoms with Crippen molar-refractivity contribution < 1.29 is 10.2 Å². The van der Waals surface area contributed by atoms with Crippen molar-refractivity contribution in [1.82, 2.24) is 0 Å². The van der Waals surface area contributed by atoms with Gasteiger partial charge in [0.1, 0.15) is 17.6 Å². The van der Waals surface area contributed by atoms with Crippen LogP contribution in [0.15, 0.2) is 36.4 Å². The smallest absolute Gasteiger partial charge is 0.121 e. The van der Waals surface area contributed by atoms with Gasteiger partial charge in [-0.05, 0) is 43.3 Å². The monoisotopic (exact) mass is 288 g/mol. The molecule has 20 heavy (non-hydrogen) atoms. The summed E-state index contributed by atoms with van der Waals surface area (Å²) in [6, 6.07) is 11.1. The molecule has 0 aromatic heterocycles. The molecule has 0 saturated heterocycles. The molecule has 0 fully saturated rings. The molecule has 3 N–H and O–H groups in total. The van der Waals surface area contributed by atoms with Gasteiger partial charge < -0.3 is 15.5 Å². The van der Waals surface area contributed by atoms with Gasteiger partial charge in [-0.25, -0.2) is 0 Å². The summed E-state index contributed by atoms with van der Waals surface area (Å²) in [5, 5.41) is 31.6. The fraction of sp³-hybridized carbons (Fsp3) is 0.133. The normalized spacial score (nSPS) is 11.7. The van der Waals surface area contributed by atoms with E-state index in [1.54, 1.807) is 18.2 Å². The number of nitrogens with one attached hydrogen (secondary N) is 1. The van der Waals surface area contributed by atoms with Gasteiger partial charge in [0.25, 0.3) is 0 Å². The Labute approximate surface area is 121 Å². The predicted octanol–water partition coefficient (Wildman–Crippen LogP) is 3.80. The lowest BCUT2D eigenvalue weighted by atomic mass is 10.1. The van der Waals surface area contributed by atoms with Gasteiger partial charge in [-0.15, -0.1) is 0 Å². The van der Waals surface area contributed by atoms with Crippen molar-refractivity contribution in [3.05, 3.63) is 52.5 Å². The van der Waals surface area contributed by atoms with Gasteiger partial charge in [0.05, 0.1) is 16.6 Å². The van der Waals surface area contributed by atoms with Gasteiger partial charge in [-0.1, -0.05) is 11.6 Å². The summed E-state index contributed by atoms with van der Waals surface area (Å²) >= 11 is 5.96. The van der Waals surface area contributed by atoms with E-state index in [0.717, 1.165) is 5.69 Å². The molecule has 5 heteroatoms. The van der Waals surface area contributed by atoms with Crippen LogP contribution in [0.25, 0.3) is 0 Å². The first-order chi connectivity index (χ1) is 9.51. The second-order valence-corrected chi connectivity index (χ2v) is 4.82. The summed E-state index contributed by atoms with van der Waals surface area (Å²) in [7, 11) is 0. The number of hydrogen-bond acceptors (Lipinski definition) is 4. The summed E-state index contributed by atoms with van der Waals surface area (Å²) in [4.78, 5) is 0. The molecule has 0 spiro atoms. The van der Waals surface area contributed by atoms with E-state index in [9.17, 15) is 10.2 Å². The molecule has 2 rings (SSSR count). The average molecular weight is 289 g/mol. The average Bonchev–Trinajstić information content (AvgIpc) is 2.41. The lowest BCUT2D eigenvalue weighted by Gasteiger charge is -2.17. The van der Waals surface area contributed by atoms with Crippen LogP contribution in [0.2, 0.25) is 5.02 Å². The van der Waals surface area contributed by atoms with Crippen LogP contribution in [0.1, 0.15) is 24.1 Å². The highest BCUT2D eigenvalue weighted by Gasteiger charge is 2.12. The maximum Gasteiger partial charge on any atom is 0.121 e. The zero-order valence-corrected chi connectivity index (χ0v) is 11.5. The molecule has 0 heterocycles. The molecule has 0 aliphatic carbocycles. The lowest BCUT2D eigenvalue weighted by Crippen LogP contribution is -2.06. The van der Waals surface area contributed by atoms with Crippen molar-refractivity contribution in [2.75, 3.05) is 5.32 Å². The van der Waals surface area contributed by atoms with Gasteiger partial charge >= 0.3 is 0 Å². The van der Waals surface area contributed by atoms with Crippen molar-refractivity contribution in [1.29, 1.82) is 5.26 Å². The molecule has 1 unspecified atom stereocenters. The van der Waals surface area contributed by atoms with Gasteiger partial charge in [0, 0.05) is 11.3 Å². The van der Waals surface area contributed by atoms with Crippen molar-refractivity contribution in [2.24, 2.45) is 0 Å². The van der Waals surface area contributed by atoms with Crippen LogP contribution in [0.3, 0.4) is 0 Å². The highest BCUT2D eigenvalue weighted by Crippen LogP contribution is 2.31. The number of phenols is 2. The number of rotatable bonds is 3. The van der Waals surface area contributed by atoms with Crippen LogP contribution in [0, 0.1) is 11.3 Å². The van der Waals surface area contributed by atoms with Gasteiger partial charge in [-0.3, -0.25) is 0 Å². The molecule has 0 amide bonds. The number of hydrogen-bond donors (Lipinski definition) is 3. The van der Waals surface area contributed by atoms with Gasteiger partial charge in [0.2, 0.25) is 0 Å². The number of aromatic hydroxyl groups is 2. The molecule has 2 aromatic rings. The third-order valence-electron chi connectivity index (χ3n) is 2.95. The van der Waals surface area contributed by atoms with Crippen LogP contribution >= 0.6 is 11.6 Å². The molecule has 0 aliphatic heterocycles. The number of anilines is 1. The first-order valence-electron chi connectivity index (χ1n) is 5.99. The minimum atomic E-state index is -0.230. The van der Waals surface area contributed by atoms with Crippen LogP contribution in [-0.2, 0) is 0 Å². The van der Waals surface area contributed by atoms with Crippen LogP contribution < -0.4 is 5.32 Å². The quantitative estimate of drug-likeness (QED) is 0.751. The Kier molecular flexibility index (Phi) is 4.02. The van der Waals surface area contributed by atoms with E-state index in [0.29, 0.717) is 16.1 Å². The lowest BCUT2D eigenvalue weighted by molar-refractivity contribution is 0.451. The Hall–Kier alpha value is -2.38. The minimum Gasteiger partial charge on any atom is -0.508 e. The second-order valence-electron chi connectivity index (χ2n) is 4.42. The number of benzene rings is 2. The van der Waals surface area contributed by atoms with E-state index in [-0.39, 0.29) is 17.5 Å². The Morgan fingerprint density at radius 1 is 1.20 bits per heavy atom. The van der Waals surface area contributed by atoms with E-state index in [1.807, 2.05) is 13.0 Å². The van der Waals surface area contributed by atoms with E-state index in [4.69, 9.17) is 16.9 Å². The number of phenolic OH excluding ortho intramolecular Hbond substituents is 2. The van der Waals surface area contributed by atoms with Gasteiger partial charge in [-0.2, -0.15) is 5.26 Å². The van der Waals surface area contributed by atoms with Crippen molar-refractivity contribution in [3.63, 3.8) is 0 Å². The molecular formula is C15H13ClN2O2. The van der Waals surface area contributed by atoms with Crippen LogP contribution in [-0.4, -0.2) is 10.2 Å². The van der Waals surface area contributed by atoms with Crippen LogP contribution in [0.4, 0.5) is 5.69 Å². The summed E-state index contributed by atoms with van der Waals surface area (Å²) in [6.07, 6.45) is 0. The fourth-order valence-electron chi connectivity index (χ4n) is 1.91. The Morgan fingerprint density at radius 3 is 2.60 bits per heavy atom. The fourth-order valence-corrected chi connectivity index (χ4v) is 2.13. The van der Waals surface area contributed by atoms with E-state index >= 15 is 0 Å². The molecule has 0 saturated carbocycles. The molecule has 2 aromatic carbocycles. The largest absolute Gasteiger partial charge is 0.508 e. The van der Waals surface area contributed by atoms with E-state index < -0.39 is 0 Å². The Bertz CT molecular complexity index is 680. The van der Waals surface area contributed by atoms with Crippen molar-refractivity contribution in [3.8, 4) is 17.6 Å². The zero-order valence-electron chi connectivity index (χ0n) is 10.8. The highest BCUT2D eigenvalue weighted by molar-refractivity contribution is 6.32. The third-order valence-corrected chi connectivity index (χ3v) is 3.26.